The Morgan fingerprint density at radius 2 is 1.80 bits per heavy atom. The molecule has 14 heteroatoms. The summed E-state index contributed by atoms with van der Waals surface area (Å²) < 4.78 is 40.1. The predicted octanol–water partition coefficient (Wildman–Crippen LogP) is 5.40. The zero-order valence-corrected chi connectivity index (χ0v) is 23.8. The lowest BCUT2D eigenvalue weighted by atomic mass is 9.90. The van der Waals surface area contributed by atoms with E-state index in [9.17, 15) is 28.0 Å². The summed E-state index contributed by atoms with van der Waals surface area (Å²) in [5, 5.41) is 23.9. The number of hydrogen-bond donors (Lipinski definition) is 0. The van der Waals surface area contributed by atoms with Crippen molar-refractivity contribution < 1.29 is 22.8 Å². The summed E-state index contributed by atoms with van der Waals surface area (Å²) >= 11 is 6.35. The second kappa shape index (κ2) is 12.6. The number of carbonyl (C=O) groups excluding carboxylic acids is 2. The zero-order chi connectivity index (χ0) is 31.4. The molecule has 10 nitrogen and oxygen atoms in total. The Morgan fingerprint density at radius 1 is 1.02 bits per heavy atom. The number of Topliss-reactive ketones (excluding diaryl/α,β-unsaturated/α-hetero) is 2. The molecule has 2 aromatic carbocycles. The largest absolute Gasteiger partial charge is 0.455 e. The predicted molar refractivity (Wildman–Crippen MR) is 151 cm³/mol. The van der Waals surface area contributed by atoms with E-state index in [1.807, 2.05) is 30.3 Å². The van der Waals surface area contributed by atoms with Gasteiger partial charge in [-0.25, -0.2) is 9.67 Å². The van der Waals surface area contributed by atoms with Crippen LogP contribution < -0.4 is 0 Å². The van der Waals surface area contributed by atoms with E-state index in [4.69, 9.17) is 11.6 Å². The summed E-state index contributed by atoms with van der Waals surface area (Å²) in [6.07, 6.45) is -2.94. The van der Waals surface area contributed by atoms with Crippen LogP contribution in [-0.2, 0) is 25.6 Å². The van der Waals surface area contributed by atoms with Gasteiger partial charge in [0.15, 0.2) is 17.4 Å². The van der Waals surface area contributed by atoms with Crippen molar-refractivity contribution >= 4 is 23.2 Å². The van der Waals surface area contributed by atoms with Gasteiger partial charge in [-0.1, -0.05) is 41.9 Å². The van der Waals surface area contributed by atoms with Gasteiger partial charge in [-0.15, -0.1) is 10.2 Å². The molecule has 0 saturated carbocycles. The molecule has 0 aliphatic carbocycles. The summed E-state index contributed by atoms with van der Waals surface area (Å²) in [4.78, 5) is 32.2. The van der Waals surface area contributed by atoms with Crippen molar-refractivity contribution in [2.45, 2.75) is 38.9 Å². The van der Waals surface area contributed by atoms with Crippen LogP contribution in [0.1, 0.15) is 61.0 Å². The van der Waals surface area contributed by atoms with Crippen molar-refractivity contribution in [3.63, 3.8) is 0 Å². The molecule has 0 aliphatic rings. The molecule has 5 aromatic rings. The molecule has 3 heterocycles. The number of carbonyl (C=O) groups is 2. The molecule has 0 N–H and O–H groups in total. The molecule has 0 spiro atoms. The highest BCUT2D eigenvalue weighted by atomic mass is 35.5. The van der Waals surface area contributed by atoms with Crippen LogP contribution in [0.15, 0.2) is 66.9 Å². The van der Waals surface area contributed by atoms with Gasteiger partial charge < -0.3 is 0 Å². The summed E-state index contributed by atoms with van der Waals surface area (Å²) in [6.45, 7) is 1.38. The Balaban J connectivity index is 1.49. The zero-order valence-electron chi connectivity index (χ0n) is 23.1. The van der Waals surface area contributed by atoms with Crippen molar-refractivity contribution in [2.75, 3.05) is 0 Å². The SMILES string of the molecule is Cc1cc(C#N)cc(C(=O)CCc2ccccc2)c1CC(=O)c1cc(Cn2nnc(C(F)(F)F)n2)nn1-c1ncccc1Cl. The monoisotopic (exact) mass is 618 g/mol. The molecule has 5 rings (SSSR count). The third kappa shape index (κ3) is 6.71. The van der Waals surface area contributed by atoms with Crippen LogP contribution in [-0.4, -0.2) is 46.5 Å². The topological polar surface area (TPSA) is 132 Å². The van der Waals surface area contributed by atoms with E-state index in [2.05, 4.69) is 31.6 Å². The number of nitriles is 1. The number of aryl methyl sites for hydroxylation is 2. The molecule has 0 amide bonds. The third-order valence-electron chi connectivity index (χ3n) is 6.72. The number of hydrogen-bond acceptors (Lipinski definition) is 8. The van der Waals surface area contributed by atoms with E-state index in [1.54, 1.807) is 25.1 Å². The lowest BCUT2D eigenvalue weighted by molar-refractivity contribution is -0.145. The maximum Gasteiger partial charge on any atom is 0.455 e. The van der Waals surface area contributed by atoms with Gasteiger partial charge in [-0.3, -0.25) is 9.59 Å². The van der Waals surface area contributed by atoms with Crippen molar-refractivity contribution in [2.24, 2.45) is 0 Å². The molecule has 0 aliphatic heterocycles. The molecule has 0 saturated heterocycles. The molecule has 44 heavy (non-hydrogen) atoms. The van der Waals surface area contributed by atoms with Crippen molar-refractivity contribution in [3.8, 4) is 11.9 Å². The van der Waals surface area contributed by atoms with E-state index in [0.717, 1.165) is 5.56 Å². The third-order valence-corrected chi connectivity index (χ3v) is 7.01. The molecule has 0 unspecified atom stereocenters. The number of pyridine rings is 1. The molecular weight excluding hydrogens is 597 g/mol. The molecule has 0 atom stereocenters. The Bertz CT molecular complexity index is 1890. The Hall–Kier alpha value is -5.22. The molecule has 0 radical (unpaired) electrons. The maximum absolute atomic E-state index is 13.9. The van der Waals surface area contributed by atoms with Crippen LogP contribution in [0.3, 0.4) is 0 Å². The number of tetrazole rings is 1. The van der Waals surface area contributed by atoms with E-state index >= 15 is 0 Å². The number of halogens is 4. The fourth-order valence-corrected chi connectivity index (χ4v) is 4.82. The number of rotatable bonds is 10. The first-order chi connectivity index (χ1) is 21.0. The first-order valence-electron chi connectivity index (χ1n) is 13.2. The number of alkyl halides is 3. The minimum atomic E-state index is -4.78. The first-order valence-corrected chi connectivity index (χ1v) is 13.6. The number of nitrogens with zero attached hydrogens (tertiary/aromatic N) is 8. The van der Waals surface area contributed by atoms with Gasteiger partial charge in [-0.05, 0) is 65.6 Å². The van der Waals surface area contributed by atoms with Crippen LogP contribution in [0.4, 0.5) is 13.2 Å². The van der Waals surface area contributed by atoms with E-state index < -0.39 is 17.8 Å². The molecule has 0 fully saturated rings. The van der Waals surface area contributed by atoms with E-state index in [0.29, 0.717) is 22.3 Å². The summed E-state index contributed by atoms with van der Waals surface area (Å²) in [6, 6.07) is 19.1. The summed E-state index contributed by atoms with van der Waals surface area (Å²) in [7, 11) is 0. The first kappa shape index (κ1) is 30.2. The number of aromatic nitrogens is 7. The summed E-state index contributed by atoms with van der Waals surface area (Å²) in [5.41, 5.74) is 2.70. The van der Waals surface area contributed by atoms with Gasteiger partial charge in [0, 0.05) is 24.6 Å². The second-order valence-corrected chi connectivity index (χ2v) is 10.2. The van der Waals surface area contributed by atoms with Crippen LogP contribution >= 0.6 is 11.6 Å². The summed E-state index contributed by atoms with van der Waals surface area (Å²) in [5.74, 6) is -2.00. The normalized spacial score (nSPS) is 11.4. The Labute approximate surface area is 253 Å². The minimum Gasteiger partial charge on any atom is -0.294 e. The van der Waals surface area contributed by atoms with Crippen molar-refractivity contribution in [1.29, 1.82) is 5.26 Å². The molecular formula is C30H22ClF3N8O2. The molecule has 222 valence electrons. The van der Waals surface area contributed by atoms with Crippen molar-refractivity contribution in [3.05, 3.63) is 117 Å². The smallest absolute Gasteiger partial charge is 0.294 e. The molecule has 0 bridgehead atoms. The average Bonchev–Trinajstić information content (AvgIpc) is 3.65. The van der Waals surface area contributed by atoms with Gasteiger partial charge in [0.1, 0.15) is 12.2 Å². The number of benzene rings is 2. The van der Waals surface area contributed by atoms with Crippen molar-refractivity contribution in [1.82, 2.24) is 35.0 Å². The van der Waals surface area contributed by atoms with E-state index in [1.165, 1.54) is 23.0 Å². The standard InChI is InChI=1S/C30H22ClF3N8O2/c1-18-12-20(16-35)13-23(26(43)10-9-19-6-3-2-4-7-19)22(18)15-27(44)25-14-21(17-41-39-29(37-40-41)30(32,33)34)38-42(25)28-24(31)8-5-11-36-28/h2-8,11-14H,9-10,15,17H2,1H3. The minimum absolute atomic E-state index is 0.0169. The van der Waals surface area contributed by atoms with Crippen LogP contribution in [0.25, 0.3) is 5.82 Å². The lowest BCUT2D eigenvalue weighted by Crippen LogP contribution is -2.16. The average molecular weight is 619 g/mol. The number of ketones is 2. The van der Waals surface area contributed by atoms with Gasteiger partial charge in [0.05, 0.1) is 22.3 Å². The molecule has 3 aromatic heterocycles. The van der Waals surface area contributed by atoms with Gasteiger partial charge in [0.25, 0.3) is 5.82 Å². The highest BCUT2D eigenvalue weighted by molar-refractivity contribution is 6.32. The van der Waals surface area contributed by atoms with Gasteiger partial charge in [-0.2, -0.15) is 28.3 Å². The highest BCUT2D eigenvalue weighted by Gasteiger charge is 2.37. The van der Waals surface area contributed by atoms with Gasteiger partial charge >= 0.3 is 6.18 Å². The maximum atomic E-state index is 13.9. The van der Waals surface area contributed by atoms with Gasteiger partial charge in [0.2, 0.25) is 0 Å². The quantitative estimate of drug-likeness (QED) is 0.190. The fraction of sp³-hybridized carbons (Fsp3) is 0.200. The van der Waals surface area contributed by atoms with Crippen LogP contribution in [0, 0.1) is 18.3 Å². The highest BCUT2D eigenvalue weighted by Crippen LogP contribution is 2.26. The Morgan fingerprint density at radius 3 is 2.48 bits per heavy atom. The second-order valence-electron chi connectivity index (χ2n) is 9.82. The van der Waals surface area contributed by atoms with Crippen LogP contribution in [0.2, 0.25) is 5.02 Å². The lowest BCUT2D eigenvalue weighted by Gasteiger charge is -2.13. The fourth-order valence-electron chi connectivity index (χ4n) is 4.62. The Kier molecular flexibility index (Phi) is 8.64. The van der Waals surface area contributed by atoms with Crippen LogP contribution in [0.5, 0.6) is 0 Å². The van der Waals surface area contributed by atoms with E-state index in [-0.39, 0.29) is 58.5 Å².